The summed E-state index contributed by atoms with van der Waals surface area (Å²) < 4.78 is 7.45. The molecule has 2 aliphatic rings. The summed E-state index contributed by atoms with van der Waals surface area (Å²) in [5.74, 6) is 1.36. The monoisotopic (exact) mass is 620 g/mol. The van der Waals surface area contributed by atoms with Gasteiger partial charge in [-0.25, -0.2) is 0 Å². The molecular formula is C31H33IN4O2. The summed E-state index contributed by atoms with van der Waals surface area (Å²) in [6, 6.07) is 24.3. The Balaban J connectivity index is 1.16. The number of H-pyrrole nitrogens is 1. The van der Waals surface area contributed by atoms with Gasteiger partial charge in [-0.15, -0.1) is 0 Å². The number of nitrogens with zero attached hydrogens (tertiary/aromatic N) is 2. The van der Waals surface area contributed by atoms with Crippen molar-refractivity contribution in [2.45, 2.75) is 37.8 Å². The fourth-order valence-electron chi connectivity index (χ4n) is 5.42. The van der Waals surface area contributed by atoms with Gasteiger partial charge >= 0.3 is 0 Å². The molecule has 2 fully saturated rings. The van der Waals surface area contributed by atoms with Crippen LogP contribution in [0.4, 0.5) is 0 Å². The van der Waals surface area contributed by atoms with Crippen LogP contribution >= 0.6 is 22.6 Å². The predicted molar refractivity (Wildman–Crippen MR) is 160 cm³/mol. The third-order valence-electron chi connectivity index (χ3n) is 7.73. The lowest BCUT2D eigenvalue weighted by atomic mass is 10.0. The van der Waals surface area contributed by atoms with Crippen LogP contribution < -0.4 is 10.1 Å². The summed E-state index contributed by atoms with van der Waals surface area (Å²) in [6.07, 6.45) is 4.72. The van der Waals surface area contributed by atoms with Crippen molar-refractivity contribution in [2.24, 2.45) is 5.92 Å². The second-order valence-electron chi connectivity index (χ2n) is 10.4. The van der Waals surface area contributed by atoms with E-state index in [0.29, 0.717) is 11.5 Å². The van der Waals surface area contributed by atoms with E-state index in [1.54, 1.807) is 0 Å². The smallest absolute Gasteiger partial charge is 0.251 e. The van der Waals surface area contributed by atoms with Gasteiger partial charge in [0.1, 0.15) is 11.9 Å². The second-order valence-corrected chi connectivity index (χ2v) is 11.5. The highest BCUT2D eigenvalue weighted by molar-refractivity contribution is 14.1. The average Bonchev–Trinajstić information content (AvgIpc) is 3.72. The molecule has 1 aromatic heterocycles. The zero-order chi connectivity index (χ0) is 25.9. The van der Waals surface area contributed by atoms with Crippen molar-refractivity contribution in [3.05, 3.63) is 83.9 Å². The minimum atomic E-state index is -0.0481. The topological polar surface area (TPSA) is 70.2 Å². The molecule has 4 aromatic rings. The van der Waals surface area contributed by atoms with Crippen molar-refractivity contribution in [2.75, 3.05) is 24.1 Å². The number of piperidine rings is 1. The normalized spacial score (nSPS) is 17.4. The van der Waals surface area contributed by atoms with E-state index in [9.17, 15) is 4.79 Å². The van der Waals surface area contributed by atoms with Gasteiger partial charge in [-0.2, -0.15) is 5.10 Å². The van der Waals surface area contributed by atoms with Crippen LogP contribution in [0.5, 0.6) is 5.75 Å². The Morgan fingerprint density at radius 2 is 1.79 bits per heavy atom. The standard InChI is InChI=1S/C31H33IN4O2/c32-16-19-36-17-14-26(15-18-36)38-25-11-8-23(9-12-25)30-27-20-24(10-13-28(27)34-35-30)31(37)33-29(22-6-7-22)21-4-2-1-3-5-21/h1-5,8-13,20,22,26,29H,6-7,14-19H2,(H,33,37)(H,34,35). The number of ether oxygens (including phenoxy) is 1. The number of nitrogens with one attached hydrogen (secondary N) is 2. The van der Waals surface area contributed by atoms with E-state index in [0.717, 1.165) is 73.2 Å². The SMILES string of the molecule is O=C(NC(c1ccccc1)C1CC1)c1ccc2[nH]nc(-c3ccc(OC4CCN(CCI)CC4)cc3)c2c1. The van der Waals surface area contributed by atoms with Crippen LogP contribution in [0.25, 0.3) is 22.2 Å². The van der Waals surface area contributed by atoms with Gasteiger partial charge in [-0.05, 0) is 79.6 Å². The molecule has 3 aromatic carbocycles. The minimum absolute atomic E-state index is 0.0481. The van der Waals surface area contributed by atoms with Crippen molar-refractivity contribution in [1.29, 1.82) is 0 Å². The Labute approximate surface area is 237 Å². The van der Waals surface area contributed by atoms with Crippen LogP contribution in [-0.2, 0) is 0 Å². The molecule has 1 amide bonds. The Bertz CT molecular complexity index is 1380. The van der Waals surface area contributed by atoms with Gasteiger partial charge in [0.15, 0.2) is 0 Å². The maximum atomic E-state index is 13.3. The number of rotatable bonds is 9. The van der Waals surface area contributed by atoms with Crippen molar-refractivity contribution in [3.63, 3.8) is 0 Å². The first kappa shape index (κ1) is 25.4. The van der Waals surface area contributed by atoms with Crippen LogP contribution in [0.1, 0.15) is 47.6 Å². The number of hydrogen-bond donors (Lipinski definition) is 2. The molecule has 2 N–H and O–H groups in total. The fraction of sp³-hybridized carbons (Fsp3) is 0.355. The molecule has 6 nitrogen and oxygen atoms in total. The van der Waals surface area contributed by atoms with Crippen LogP contribution in [0, 0.1) is 5.92 Å². The number of carbonyl (C=O) groups excluding carboxylic acids is 1. The summed E-state index contributed by atoms with van der Waals surface area (Å²) in [7, 11) is 0. The molecule has 6 rings (SSSR count). The van der Waals surface area contributed by atoms with Gasteiger partial charge in [0.05, 0.1) is 17.3 Å². The van der Waals surface area contributed by atoms with Gasteiger partial charge in [0.2, 0.25) is 0 Å². The van der Waals surface area contributed by atoms with Crippen molar-refractivity contribution in [3.8, 4) is 17.0 Å². The summed E-state index contributed by atoms with van der Waals surface area (Å²) >= 11 is 2.44. The van der Waals surface area contributed by atoms with Crippen LogP contribution in [0.15, 0.2) is 72.8 Å². The van der Waals surface area contributed by atoms with E-state index < -0.39 is 0 Å². The Morgan fingerprint density at radius 1 is 1.03 bits per heavy atom. The molecule has 1 unspecified atom stereocenters. The number of amides is 1. The Kier molecular flexibility index (Phi) is 7.65. The summed E-state index contributed by atoms with van der Waals surface area (Å²) in [5.41, 5.74) is 4.57. The van der Waals surface area contributed by atoms with Crippen LogP contribution in [-0.4, -0.2) is 51.2 Å². The first-order valence-electron chi connectivity index (χ1n) is 13.6. The maximum absolute atomic E-state index is 13.3. The highest BCUT2D eigenvalue weighted by Gasteiger charge is 2.33. The third-order valence-corrected chi connectivity index (χ3v) is 8.21. The number of aromatic amines is 1. The number of alkyl halides is 1. The molecule has 0 spiro atoms. The molecule has 1 atom stereocenters. The van der Waals surface area contributed by atoms with Crippen molar-refractivity contribution in [1.82, 2.24) is 20.4 Å². The zero-order valence-corrected chi connectivity index (χ0v) is 23.6. The largest absolute Gasteiger partial charge is 0.490 e. The van der Waals surface area contributed by atoms with E-state index in [-0.39, 0.29) is 18.1 Å². The second kappa shape index (κ2) is 11.5. The molecular weight excluding hydrogens is 587 g/mol. The fourth-order valence-corrected chi connectivity index (χ4v) is 6.10. The summed E-state index contributed by atoms with van der Waals surface area (Å²) in [6.45, 7) is 3.37. The van der Waals surface area contributed by atoms with Gasteiger partial charge in [0.25, 0.3) is 5.91 Å². The molecule has 0 bridgehead atoms. The van der Waals surface area contributed by atoms with Crippen LogP contribution in [0.3, 0.4) is 0 Å². The maximum Gasteiger partial charge on any atom is 0.251 e. The molecule has 1 aliphatic carbocycles. The van der Waals surface area contributed by atoms with Gasteiger partial charge in [-0.1, -0.05) is 52.9 Å². The minimum Gasteiger partial charge on any atom is -0.490 e. The predicted octanol–water partition coefficient (Wildman–Crippen LogP) is 6.39. The first-order valence-corrected chi connectivity index (χ1v) is 15.1. The van der Waals surface area contributed by atoms with E-state index in [2.05, 4.69) is 67.3 Å². The first-order chi connectivity index (χ1) is 18.7. The van der Waals surface area contributed by atoms with Gasteiger partial charge in [0, 0.05) is 40.6 Å². The third kappa shape index (κ3) is 5.73. The van der Waals surface area contributed by atoms with Crippen molar-refractivity contribution >= 4 is 39.4 Å². The molecule has 1 saturated carbocycles. The quantitative estimate of drug-likeness (QED) is 0.168. The van der Waals surface area contributed by atoms with E-state index in [1.807, 2.05) is 48.5 Å². The van der Waals surface area contributed by atoms with Crippen LogP contribution in [0.2, 0.25) is 0 Å². The van der Waals surface area contributed by atoms with E-state index >= 15 is 0 Å². The molecule has 7 heteroatoms. The zero-order valence-electron chi connectivity index (χ0n) is 21.4. The molecule has 2 heterocycles. The lowest BCUT2D eigenvalue weighted by Gasteiger charge is -2.31. The number of fused-ring (bicyclic) bond motifs is 1. The van der Waals surface area contributed by atoms with Gasteiger partial charge in [-0.3, -0.25) is 9.89 Å². The number of likely N-dealkylation sites (tertiary alicyclic amines) is 1. The van der Waals surface area contributed by atoms with E-state index in [1.165, 1.54) is 9.99 Å². The van der Waals surface area contributed by atoms with Gasteiger partial charge < -0.3 is 15.0 Å². The molecule has 1 aliphatic heterocycles. The highest BCUT2D eigenvalue weighted by Crippen LogP contribution is 2.41. The number of aromatic nitrogens is 2. The number of halogens is 1. The average molecular weight is 621 g/mol. The molecule has 0 radical (unpaired) electrons. The summed E-state index contributed by atoms with van der Waals surface area (Å²) in [5, 5.41) is 11.9. The van der Waals surface area contributed by atoms with Crippen molar-refractivity contribution < 1.29 is 9.53 Å². The molecule has 196 valence electrons. The molecule has 38 heavy (non-hydrogen) atoms. The molecule has 1 saturated heterocycles. The lowest BCUT2D eigenvalue weighted by molar-refractivity contribution is 0.0931. The van der Waals surface area contributed by atoms with E-state index in [4.69, 9.17) is 4.74 Å². The highest BCUT2D eigenvalue weighted by atomic mass is 127. The lowest BCUT2D eigenvalue weighted by Crippen LogP contribution is -2.39. The number of benzene rings is 3. The Hall–Kier alpha value is -2.91. The number of carbonyl (C=O) groups is 1. The summed E-state index contributed by atoms with van der Waals surface area (Å²) in [4.78, 5) is 15.8. The number of hydrogen-bond acceptors (Lipinski definition) is 4. The Morgan fingerprint density at radius 3 is 2.50 bits per heavy atom.